The highest BCUT2D eigenvalue weighted by Crippen LogP contribution is 2.34. The van der Waals surface area contributed by atoms with Gasteiger partial charge < -0.3 is 4.74 Å². The Morgan fingerprint density at radius 3 is 2.48 bits per heavy atom. The molecular formula is C16H10ClF3N2O. The van der Waals surface area contributed by atoms with Crippen molar-refractivity contribution >= 4 is 22.4 Å². The van der Waals surface area contributed by atoms with Crippen molar-refractivity contribution in [2.75, 3.05) is 6.61 Å². The summed E-state index contributed by atoms with van der Waals surface area (Å²) in [5.41, 5.74) is 1.61. The molecule has 3 aromatic rings. The number of hydrogen-bond donors (Lipinski definition) is 0. The minimum Gasteiger partial charge on any atom is -0.468 e. The highest BCUT2D eigenvalue weighted by Gasteiger charge is 2.29. The number of ether oxygens (including phenoxy) is 1. The predicted molar refractivity (Wildman–Crippen MR) is 81.5 cm³/mol. The maximum absolute atomic E-state index is 12.4. The van der Waals surface area contributed by atoms with Gasteiger partial charge in [0, 0.05) is 34.6 Å². The van der Waals surface area contributed by atoms with Gasteiger partial charge in [0.15, 0.2) is 6.61 Å². The number of hydrogen-bond acceptors (Lipinski definition) is 3. The molecule has 3 nitrogen and oxygen atoms in total. The fraction of sp³-hybridized carbons (Fsp3) is 0.125. The molecule has 0 atom stereocenters. The molecule has 2 heterocycles. The van der Waals surface area contributed by atoms with Gasteiger partial charge in [-0.3, -0.25) is 4.98 Å². The minimum absolute atomic E-state index is 0.0994. The van der Waals surface area contributed by atoms with Crippen LogP contribution in [-0.4, -0.2) is 22.8 Å². The maximum atomic E-state index is 12.4. The van der Waals surface area contributed by atoms with E-state index < -0.39 is 12.8 Å². The summed E-state index contributed by atoms with van der Waals surface area (Å²) in [6, 6.07) is 8.53. The lowest BCUT2D eigenvalue weighted by molar-refractivity contribution is -0.153. The van der Waals surface area contributed by atoms with Crippen LogP contribution in [0.15, 0.2) is 48.9 Å². The molecule has 0 fully saturated rings. The van der Waals surface area contributed by atoms with Crippen molar-refractivity contribution in [3.8, 4) is 17.0 Å². The Bertz CT molecular complexity index is 838. The molecule has 118 valence electrons. The van der Waals surface area contributed by atoms with E-state index in [1.54, 1.807) is 42.7 Å². The van der Waals surface area contributed by atoms with Crippen molar-refractivity contribution in [2.24, 2.45) is 0 Å². The molecule has 7 heteroatoms. The van der Waals surface area contributed by atoms with Crippen LogP contribution in [-0.2, 0) is 0 Å². The first-order chi connectivity index (χ1) is 10.9. The average molecular weight is 339 g/mol. The van der Waals surface area contributed by atoms with Crippen molar-refractivity contribution in [1.29, 1.82) is 0 Å². The number of benzene rings is 1. The normalized spacial score (nSPS) is 11.7. The van der Waals surface area contributed by atoms with Gasteiger partial charge in [-0.15, -0.1) is 0 Å². The third-order valence-corrected chi connectivity index (χ3v) is 3.41. The minimum atomic E-state index is -4.43. The Hall–Kier alpha value is -2.34. The molecule has 23 heavy (non-hydrogen) atoms. The molecule has 0 saturated heterocycles. The van der Waals surface area contributed by atoms with E-state index in [1.807, 2.05) is 0 Å². The first-order valence-electron chi connectivity index (χ1n) is 6.62. The molecule has 0 aliphatic heterocycles. The van der Waals surface area contributed by atoms with Crippen molar-refractivity contribution in [1.82, 2.24) is 9.97 Å². The predicted octanol–water partition coefficient (Wildman–Crippen LogP) is 4.89. The van der Waals surface area contributed by atoms with Gasteiger partial charge in [-0.1, -0.05) is 17.7 Å². The van der Waals surface area contributed by atoms with Crippen molar-refractivity contribution < 1.29 is 17.9 Å². The number of alkyl halides is 3. The molecule has 0 aliphatic rings. The van der Waals surface area contributed by atoms with E-state index >= 15 is 0 Å². The van der Waals surface area contributed by atoms with E-state index in [4.69, 9.17) is 16.3 Å². The number of aromatic nitrogens is 2. The molecule has 0 radical (unpaired) electrons. The quantitative estimate of drug-likeness (QED) is 0.682. The van der Waals surface area contributed by atoms with Crippen LogP contribution in [0.1, 0.15) is 0 Å². The summed E-state index contributed by atoms with van der Waals surface area (Å²) in [5, 5.41) is 1.52. The molecule has 2 aromatic heterocycles. The van der Waals surface area contributed by atoms with E-state index in [0.717, 1.165) is 11.1 Å². The van der Waals surface area contributed by atoms with E-state index in [-0.39, 0.29) is 5.88 Å². The molecule has 0 amide bonds. The van der Waals surface area contributed by atoms with Gasteiger partial charge >= 0.3 is 6.18 Å². The third kappa shape index (κ3) is 3.53. The Kier molecular flexibility index (Phi) is 4.09. The number of nitrogens with zero attached hydrogens (tertiary/aromatic N) is 2. The Morgan fingerprint density at radius 2 is 1.78 bits per heavy atom. The second-order valence-electron chi connectivity index (χ2n) is 4.81. The summed E-state index contributed by atoms with van der Waals surface area (Å²) in [7, 11) is 0. The number of rotatable bonds is 3. The zero-order valence-electron chi connectivity index (χ0n) is 11.6. The highest BCUT2D eigenvalue weighted by atomic mass is 35.5. The molecule has 0 unspecified atom stereocenters. The van der Waals surface area contributed by atoms with Gasteiger partial charge in [0.25, 0.3) is 0 Å². The fourth-order valence-corrected chi connectivity index (χ4v) is 2.39. The van der Waals surface area contributed by atoms with Gasteiger partial charge in [-0.25, -0.2) is 4.98 Å². The summed E-state index contributed by atoms with van der Waals surface area (Å²) in [6.45, 7) is -1.41. The number of pyridine rings is 2. The standard InChI is InChI=1S/C16H10ClF3N2O/c17-11-1-2-12-13(7-11)15(23-9-16(18,19)20)22-8-14(12)10-3-5-21-6-4-10/h1-8H,9H2. The van der Waals surface area contributed by atoms with Crippen LogP contribution in [0.4, 0.5) is 13.2 Å². The lowest BCUT2D eigenvalue weighted by Gasteiger charge is -2.13. The largest absolute Gasteiger partial charge is 0.468 e. The van der Waals surface area contributed by atoms with Crippen LogP contribution in [0.3, 0.4) is 0 Å². The van der Waals surface area contributed by atoms with Crippen LogP contribution >= 0.6 is 11.6 Å². The number of fused-ring (bicyclic) bond motifs is 1. The molecule has 0 aliphatic carbocycles. The van der Waals surface area contributed by atoms with E-state index in [0.29, 0.717) is 15.8 Å². The van der Waals surface area contributed by atoms with Gasteiger partial charge in [-0.2, -0.15) is 13.2 Å². The molecule has 0 saturated carbocycles. The molecule has 0 N–H and O–H groups in total. The summed E-state index contributed by atoms with van der Waals surface area (Å²) in [5.74, 6) is -0.0994. The first kappa shape index (κ1) is 15.6. The maximum Gasteiger partial charge on any atom is 0.422 e. The van der Waals surface area contributed by atoms with Crippen molar-refractivity contribution in [2.45, 2.75) is 6.18 Å². The molecule has 0 spiro atoms. The van der Waals surface area contributed by atoms with Crippen LogP contribution in [0.2, 0.25) is 5.02 Å². The highest BCUT2D eigenvalue weighted by molar-refractivity contribution is 6.31. The SMILES string of the molecule is FC(F)(F)COc1ncc(-c2ccncc2)c2ccc(Cl)cc12. The Morgan fingerprint density at radius 1 is 1.04 bits per heavy atom. The lowest BCUT2D eigenvalue weighted by atomic mass is 10.0. The molecular weight excluding hydrogens is 329 g/mol. The van der Waals surface area contributed by atoms with E-state index in [9.17, 15) is 13.2 Å². The second-order valence-corrected chi connectivity index (χ2v) is 5.24. The van der Waals surface area contributed by atoms with Crippen LogP contribution < -0.4 is 4.74 Å². The van der Waals surface area contributed by atoms with Crippen LogP contribution in [0.5, 0.6) is 5.88 Å². The van der Waals surface area contributed by atoms with E-state index in [2.05, 4.69) is 9.97 Å². The van der Waals surface area contributed by atoms with E-state index in [1.165, 1.54) is 6.20 Å². The second kappa shape index (κ2) is 6.04. The van der Waals surface area contributed by atoms with Gasteiger partial charge in [0.2, 0.25) is 5.88 Å². The summed E-state index contributed by atoms with van der Waals surface area (Å²) >= 11 is 5.96. The zero-order valence-corrected chi connectivity index (χ0v) is 12.4. The smallest absolute Gasteiger partial charge is 0.422 e. The zero-order chi connectivity index (χ0) is 16.4. The average Bonchev–Trinajstić information content (AvgIpc) is 2.52. The van der Waals surface area contributed by atoms with Crippen molar-refractivity contribution in [3.63, 3.8) is 0 Å². The summed E-state index contributed by atoms with van der Waals surface area (Å²) in [6.07, 6.45) is 0.309. The van der Waals surface area contributed by atoms with Gasteiger partial charge in [0.1, 0.15) is 0 Å². The fourth-order valence-electron chi connectivity index (χ4n) is 2.22. The topological polar surface area (TPSA) is 35.0 Å². The molecule has 3 rings (SSSR count). The number of halogens is 4. The van der Waals surface area contributed by atoms with Crippen LogP contribution in [0, 0.1) is 0 Å². The Balaban J connectivity index is 2.12. The monoisotopic (exact) mass is 338 g/mol. The van der Waals surface area contributed by atoms with Gasteiger partial charge in [-0.05, 0) is 35.2 Å². The molecule has 1 aromatic carbocycles. The van der Waals surface area contributed by atoms with Crippen LogP contribution in [0.25, 0.3) is 21.9 Å². The Labute approximate surface area is 134 Å². The van der Waals surface area contributed by atoms with Crippen molar-refractivity contribution in [3.05, 3.63) is 53.9 Å². The summed E-state index contributed by atoms with van der Waals surface area (Å²) < 4.78 is 42.0. The lowest BCUT2D eigenvalue weighted by Crippen LogP contribution is -2.19. The molecule has 0 bridgehead atoms. The first-order valence-corrected chi connectivity index (χ1v) is 7.00. The third-order valence-electron chi connectivity index (χ3n) is 3.18. The van der Waals surface area contributed by atoms with Gasteiger partial charge in [0.05, 0.1) is 0 Å². The summed E-state index contributed by atoms with van der Waals surface area (Å²) in [4.78, 5) is 7.97.